The summed E-state index contributed by atoms with van der Waals surface area (Å²) in [5.74, 6) is 0.555. The van der Waals surface area contributed by atoms with E-state index in [4.69, 9.17) is 5.73 Å². The fourth-order valence-electron chi connectivity index (χ4n) is 2.04. The van der Waals surface area contributed by atoms with Crippen LogP contribution in [-0.2, 0) is 0 Å². The summed E-state index contributed by atoms with van der Waals surface area (Å²) in [4.78, 5) is 2.34. The van der Waals surface area contributed by atoms with Crippen molar-refractivity contribution in [3.63, 3.8) is 0 Å². The van der Waals surface area contributed by atoms with Crippen LogP contribution in [0, 0.1) is 11.3 Å². The Morgan fingerprint density at radius 3 is 2.00 bits per heavy atom. The quantitative estimate of drug-likeness (QED) is 0.642. The van der Waals surface area contributed by atoms with E-state index in [1.165, 1.54) is 0 Å². The number of rotatable bonds is 8. The van der Waals surface area contributed by atoms with Gasteiger partial charge in [-0.15, -0.1) is 13.2 Å². The molecule has 16 heavy (non-hydrogen) atoms. The third-order valence-electron chi connectivity index (χ3n) is 2.53. The SMILES string of the molecule is C=CCN(CC=C)CC(CN)CC(C)(C)C. The third-order valence-corrected chi connectivity index (χ3v) is 2.53. The van der Waals surface area contributed by atoms with Gasteiger partial charge in [0.25, 0.3) is 0 Å². The van der Waals surface area contributed by atoms with Crippen LogP contribution in [0.2, 0.25) is 0 Å². The molecule has 0 saturated carbocycles. The molecule has 0 aliphatic heterocycles. The second kappa shape index (κ2) is 7.64. The van der Waals surface area contributed by atoms with Crippen molar-refractivity contribution in [3.8, 4) is 0 Å². The Hall–Kier alpha value is -0.600. The Bertz CT molecular complexity index is 193. The molecule has 2 heteroatoms. The predicted octanol–water partition coefficient (Wildman–Crippen LogP) is 2.67. The monoisotopic (exact) mass is 224 g/mol. The van der Waals surface area contributed by atoms with Crippen molar-refractivity contribution in [1.29, 1.82) is 0 Å². The first-order chi connectivity index (χ1) is 7.42. The molecule has 0 aliphatic rings. The van der Waals surface area contributed by atoms with Crippen LogP contribution in [0.15, 0.2) is 25.3 Å². The molecule has 1 atom stereocenters. The lowest BCUT2D eigenvalue weighted by Gasteiger charge is -2.29. The highest BCUT2D eigenvalue weighted by Crippen LogP contribution is 2.24. The molecule has 0 bridgehead atoms. The van der Waals surface area contributed by atoms with E-state index in [1.807, 2.05) is 12.2 Å². The standard InChI is InChI=1S/C14H28N2/c1-6-8-16(9-7-2)12-13(11-15)10-14(3,4)5/h6-7,13H,1-2,8-12,15H2,3-5H3. The highest BCUT2D eigenvalue weighted by molar-refractivity contribution is 4.82. The van der Waals surface area contributed by atoms with E-state index in [0.717, 1.165) is 32.6 Å². The van der Waals surface area contributed by atoms with Crippen molar-refractivity contribution in [3.05, 3.63) is 25.3 Å². The topological polar surface area (TPSA) is 29.3 Å². The molecule has 2 N–H and O–H groups in total. The van der Waals surface area contributed by atoms with Gasteiger partial charge in [0, 0.05) is 19.6 Å². The van der Waals surface area contributed by atoms with E-state index in [0.29, 0.717) is 11.3 Å². The number of nitrogens with zero attached hydrogens (tertiary/aromatic N) is 1. The predicted molar refractivity (Wildman–Crippen MR) is 73.5 cm³/mol. The molecular weight excluding hydrogens is 196 g/mol. The summed E-state index contributed by atoms with van der Waals surface area (Å²) in [6, 6.07) is 0. The van der Waals surface area contributed by atoms with Gasteiger partial charge in [-0.05, 0) is 24.3 Å². The number of hydrogen-bond donors (Lipinski definition) is 1. The molecular formula is C14H28N2. The van der Waals surface area contributed by atoms with Gasteiger partial charge < -0.3 is 5.73 Å². The molecule has 94 valence electrons. The minimum atomic E-state index is 0.345. The van der Waals surface area contributed by atoms with Crippen LogP contribution < -0.4 is 5.73 Å². The molecule has 0 spiro atoms. The average molecular weight is 224 g/mol. The van der Waals surface area contributed by atoms with Gasteiger partial charge in [-0.3, -0.25) is 4.90 Å². The fraction of sp³-hybridized carbons (Fsp3) is 0.714. The number of hydrogen-bond acceptors (Lipinski definition) is 2. The molecule has 0 radical (unpaired) electrons. The van der Waals surface area contributed by atoms with Crippen LogP contribution in [0.5, 0.6) is 0 Å². The van der Waals surface area contributed by atoms with Gasteiger partial charge in [0.05, 0.1) is 0 Å². The van der Waals surface area contributed by atoms with Crippen LogP contribution in [-0.4, -0.2) is 31.1 Å². The molecule has 0 fully saturated rings. The number of nitrogens with two attached hydrogens (primary N) is 1. The maximum absolute atomic E-state index is 5.84. The van der Waals surface area contributed by atoms with Gasteiger partial charge in [-0.1, -0.05) is 32.9 Å². The fourth-order valence-corrected chi connectivity index (χ4v) is 2.04. The van der Waals surface area contributed by atoms with Crippen LogP contribution in [0.4, 0.5) is 0 Å². The highest BCUT2D eigenvalue weighted by atomic mass is 15.1. The lowest BCUT2D eigenvalue weighted by Crippen LogP contribution is -2.35. The van der Waals surface area contributed by atoms with Gasteiger partial charge in [-0.2, -0.15) is 0 Å². The minimum Gasteiger partial charge on any atom is -0.330 e. The van der Waals surface area contributed by atoms with Crippen LogP contribution >= 0.6 is 0 Å². The van der Waals surface area contributed by atoms with Crippen molar-refractivity contribution in [1.82, 2.24) is 4.90 Å². The third kappa shape index (κ3) is 7.66. The van der Waals surface area contributed by atoms with Crippen LogP contribution in [0.1, 0.15) is 27.2 Å². The zero-order valence-electron chi connectivity index (χ0n) is 11.2. The van der Waals surface area contributed by atoms with Gasteiger partial charge in [-0.25, -0.2) is 0 Å². The lowest BCUT2D eigenvalue weighted by atomic mass is 9.84. The summed E-state index contributed by atoms with van der Waals surface area (Å²) in [6.07, 6.45) is 5.04. The summed E-state index contributed by atoms with van der Waals surface area (Å²) < 4.78 is 0. The van der Waals surface area contributed by atoms with Gasteiger partial charge in [0.2, 0.25) is 0 Å². The molecule has 0 heterocycles. The summed E-state index contributed by atoms with van der Waals surface area (Å²) in [6.45, 7) is 18.0. The van der Waals surface area contributed by atoms with Crippen LogP contribution in [0.25, 0.3) is 0 Å². The van der Waals surface area contributed by atoms with Crippen molar-refractivity contribution in [2.45, 2.75) is 27.2 Å². The highest BCUT2D eigenvalue weighted by Gasteiger charge is 2.19. The van der Waals surface area contributed by atoms with Crippen LogP contribution in [0.3, 0.4) is 0 Å². The Labute approximate surface area is 101 Å². The molecule has 0 aromatic heterocycles. The Balaban J connectivity index is 4.24. The molecule has 0 aromatic carbocycles. The van der Waals surface area contributed by atoms with Crippen molar-refractivity contribution < 1.29 is 0 Å². The largest absolute Gasteiger partial charge is 0.330 e. The smallest absolute Gasteiger partial charge is 0.0164 e. The summed E-state index contributed by atoms with van der Waals surface area (Å²) in [7, 11) is 0. The zero-order valence-corrected chi connectivity index (χ0v) is 11.2. The Morgan fingerprint density at radius 2 is 1.69 bits per heavy atom. The Morgan fingerprint density at radius 1 is 1.19 bits per heavy atom. The molecule has 0 amide bonds. The summed E-state index contributed by atoms with van der Waals surface area (Å²) in [5.41, 5.74) is 6.19. The van der Waals surface area contributed by atoms with E-state index in [9.17, 15) is 0 Å². The summed E-state index contributed by atoms with van der Waals surface area (Å²) in [5, 5.41) is 0. The van der Waals surface area contributed by atoms with E-state index in [-0.39, 0.29) is 0 Å². The van der Waals surface area contributed by atoms with E-state index in [1.54, 1.807) is 0 Å². The average Bonchev–Trinajstić information content (AvgIpc) is 2.15. The molecule has 1 unspecified atom stereocenters. The van der Waals surface area contributed by atoms with Crippen molar-refractivity contribution in [2.24, 2.45) is 17.1 Å². The lowest BCUT2D eigenvalue weighted by molar-refractivity contribution is 0.220. The first-order valence-electron chi connectivity index (χ1n) is 6.07. The maximum atomic E-state index is 5.84. The van der Waals surface area contributed by atoms with Gasteiger partial charge in [0.15, 0.2) is 0 Å². The Kier molecular flexibility index (Phi) is 7.35. The minimum absolute atomic E-state index is 0.345. The molecule has 0 aliphatic carbocycles. The van der Waals surface area contributed by atoms with E-state index < -0.39 is 0 Å². The van der Waals surface area contributed by atoms with E-state index in [2.05, 4.69) is 38.8 Å². The van der Waals surface area contributed by atoms with Gasteiger partial charge >= 0.3 is 0 Å². The summed E-state index contributed by atoms with van der Waals surface area (Å²) >= 11 is 0. The second-order valence-electron chi connectivity index (χ2n) is 5.66. The second-order valence-corrected chi connectivity index (χ2v) is 5.66. The zero-order chi connectivity index (χ0) is 12.6. The van der Waals surface area contributed by atoms with Crippen molar-refractivity contribution in [2.75, 3.05) is 26.2 Å². The normalized spacial score (nSPS) is 13.8. The van der Waals surface area contributed by atoms with E-state index >= 15 is 0 Å². The van der Waals surface area contributed by atoms with Crippen molar-refractivity contribution >= 4 is 0 Å². The molecule has 0 rings (SSSR count). The molecule has 0 saturated heterocycles. The first-order valence-corrected chi connectivity index (χ1v) is 6.07. The molecule has 2 nitrogen and oxygen atoms in total. The maximum Gasteiger partial charge on any atom is 0.0164 e. The molecule has 0 aromatic rings. The van der Waals surface area contributed by atoms with Gasteiger partial charge in [0.1, 0.15) is 0 Å². The first kappa shape index (κ1) is 15.4.